The summed E-state index contributed by atoms with van der Waals surface area (Å²) in [5.41, 5.74) is 7.97. The Bertz CT molecular complexity index is 1070. The predicted octanol–water partition coefficient (Wildman–Crippen LogP) is 2.32. The van der Waals surface area contributed by atoms with Crippen molar-refractivity contribution in [2.75, 3.05) is 29.9 Å². The standard InChI is InChI=1S/C25H28N4O4/c1-16-6-8-19(9-7-16)29-15-18(14-22(29)30)25(33)28-12-10-17(11-13-28)24(32)27-21-5-3-2-4-20(21)23(26)31/h2-9,17-18H,10-15H2,1H3,(H2,26,31)(H,27,32)/t18-/m1/s1. The quantitative estimate of drug-likeness (QED) is 0.731. The van der Waals surface area contributed by atoms with E-state index in [1.165, 1.54) is 0 Å². The van der Waals surface area contributed by atoms with Crippen LogP contribution in [0, 0.1) is 18.8 Å². The largest absolute Gasteiger partial charge is 0.366 e. The van der Waals surface area contributed by atoms with E-state index in [1.807, 2.05) is 31.2 Å². The molecule has 0 aliphatic carbocycles. The summed E-state index contributed by atoms with van der Waals surface area (Å²) in [6.07, 6.45) is 1.26. The third-order valence-corrected chi connectivity index (χ3v) is 6.45. The maximum Gasteiger partial charge on any atom is 0.250 e. The topological polar surface area (TPSA) is 113 Å². The van der Waals surface area contributed by atoms with Crippen LogP contribution in [-0.4, -0.2) is 48.2 Å². The number of aryl methyl sites for hydroxylation is 1. The molecule has 4 rings (SSSR count). The molecule has 2 saturated heterocycles. The van der Waals surface area contributed by atoms with E-state index < -0.39 is 5.91 Å². The lowest BCUT2D eigenvalue weighted by Gasteiger charge is -2.33. The molecule has 3 N–H and O–H groups in total. The van der Waals surface area contributed by atoms with Crippen LogP contribution < -0.4 is 16.0 Å². The predicted molar refractivity (Wildman–Crippen MR) is 125 cm³/mol. The lowest BCUT2D eigenvalue weighted by atomic mass is 9.94. The van der Waals surface area contributed by atoms with Gasteiger partial charge in [0, 0.05) is 37.7 Å². The summed E-state index contributed by atoms with van der Waals surface area (Å²) in [5, 5.41) is 2.80. The van der Waals surface area contributed by atoms with E-state index in [-0.39, 0.29) is 41.5 Å². The first-order valence-electron chi connectivity index (χ1n) is 11.2. The smallest absolute Gasteiger partial charge is 0.250 e. The highest BCUT2D eigenvalue weighted by atomic mass is 16.2. The Hall–Kier alpha value is -3.68. The number of rotatable bonds is 5. The number of hydrogen-bond acceptors (Lipinski definition) is 4. The number of hydrogen-bond donors (Lipinski definition) is 2. The number of piperidine rings is 1. The maximum atomic E-state index is 13.1. The van der Waals surface area contributed by atoms with Gasteiger partial charge in [0.1, 0.15) is 0 Å². The van der Waals surface area contributed by atoms with Crippen molar-refractivity contribution < 1.29 is 19.2 Å². The number of amides is 4. The van der Waals surface area contributed by atoms with Gasteiger partial charge in [0.05, 0.1) is 17.2 Å². The number of primary amides is 1. The van der Waals surface area contributed by atoms with E-state index in [1.54, 1.807) is 34.1 Å². The molecule has 33 heavy (non-hydrogen) atoms. The lowest BCUT2D eigenvalue weighted by Crippen LogP contribution is -2.44. The number of carbonyl (C=O) groups is 4. The van der Waals surface area contributed by atoms with Crippen molar-refractivity contribution in [3.8, 4) is 0 Å². The highest BCUT2D eigenvalue weighted by Crippen LogP contribution is 2.28. The minimum absolute atomic E-state index is 0.0316. The van der Waals surface area contributed by atoms with Crippen molar-refractivity contribution in [2.24, 2.45) is 17.6 Å². The summed E-state index contributed by atoms with van der Waals surface area (Å²) in [7, 11) is 0. The van der Waals surface area contributed by atoms with Crippen LogP contribution in [0.3, 0.4) is 0 Å². The van der Waals surface area contributed by atoms with Gasteiger partial charge in [-0.15, -0.1) is 0 Å². The van der Waals surface area contributed by atoms with Gasteiger partial charge in [0.2, 0.25) is 17.7 Å². The Kier molecular flexibility index (Phi) is 6.44. The van der Waals surface area contributed by atoms with Gasteiger partial charge >= 0.3 is 0 Å². The Labute approximate surface area is 192 Å². The fourth-order valence-electron chi connectivity index (χ4n) is 4.51. The lowest BCUT2D eigenvalue weighted by molar-refractivity contribution is -0.138. The second-order valence-electron chi connectivity index (χ2n) is 8.74. The van der Waals surface area contributed by atoms with Crippen molar-refractivity contribution in [3.05, 3.63) is 59.7 Å². The summed E-state index contributed by atoms with van der Waals surface area (Å²) >= 11 is 0. The molecule has 4 amide bonds. The molecule has 1 atom stereocenters. The number of likely N-dealkylation sites (tertiary alicyclic amines) is 1. The van der Waals surface area contributed by atoms with Gasteiger partial charge in [0.15, 0.2) is 0 Å². The van der Waals surface area contributed by atoms with E-state index in [0.717, 1.165) is 11.3 Å². The Morgan fingerprint density at radius 1 is 0.970 bits per heavy atom. The number of benzene rings is 2. The van der Waals surface area contributed by atoms with Gasteiger partial charge < -0.3 is 20.9 Å². The molecule has 0 unspecified atom stereocenters. The van der Waals surface area contributed by atoms with Crippen LogP contribution in [0.15, 0.2) is 48.5 Å². The second kappa shape index (κ2) is 9.44. The minimum atomic E-state index is -0.600. The maximum absolute atomic E-state index is 13.1. The fourth-order valence-corrected chi connectivity index (χ4v) is 4.51. The SMILES string of the molecule is Cc1ccc(N2C[C@H](C(=O)N3CCC(C(=O)Nc4ccccc4C(N)=O)CC3)CC2=O)cc1. The van der Waals surface area contributed by atoms with Crippen molar-refractivity contribution in [2.45, 2.75) is 26.2 Å². The third-order valence-electron chi connectivity index (χ3n) is 6.45. The summed E-state index contributed by atoms with van der Waals surface area (Å²) in [5.74, 6) is -1.49. The first-order chi connectivity index (χ1) is 15.8. The summed E-state index contributed by atoms with van der Waals surface area (Å²) in [6, 6.07) is 14.3. The molecular formula is C25H28N4O4. The van der Waals surface area contributed by atoms with E-state index in [9.17, 15) is 19.2 Å². The number of anilines is 2. The van der Waals surface area contributed by atoms with Gasteiger partial charge in [-0.25, -0.2) is 0 Å². The monoisotopic (exact) mass is 448 g/mol. The van der Waals surface area contributed by atoms with Gasteiger partial charge in [-0.05, 0) is 44.0 Å². The van der Waals surface area contributed by atoms with Gasteiger partial charge in [-0.2, -0.15) is 0 Å². The number of nitrogens with two attached hydrogens (primary N) is 1. The zero-order valence-electron chi connectivity index (χ0n) is 18.6. The molecule has 2 aliphatic rings. The van der Waals surface area contributed by atoms with Crippen LogP contribution >= 0.6 is 0 Å². The van der Waals surface area contributed by atoms with Crippen LogP contribution in [0.4, 0.5) is 11.4 Å². The Balaban J connectivity index is 1.32. The Morgan fingerprint density at radius 2 is 1.64 bits per heavy atom. The van der Waals surface area contributed by atoms with Crippen LogP contribution in [0.5, 0.6) is 0 Å². The first kappa shape index (κ1) is 22.5. The summed E-state index contributed by atoms with van der Waals surface area (Å²) in [4.78, 5) is 53.3. The molecule has 0 spiro atoms. The molecule has 2 heterocycles. The Morgan fingerprint density at radius 3 is 2.30 bits per heavy atom. The highest BCUT2D eigenvalue weighted by molar-refractivity contribution is 6.03. The molecular weight excluding hydrogens is 420 g/mol. The molecule has 8 nitrogen and oxygen atoms in total. The van der Waals surface area contributed by atoms with E-state index in [0.29, 0.717) is 38.2 Å². The van der Waals surface area contributed by atoms with Crippen molar-refractivity contribution >= 4 is 35.0 Å². The molecule has 2 aromatic rings. The molecule has 0 saturated carbocycles. The zero-order chi connectivity index (χ0) is 23.5. The average Bonchev–Trinajstić information content (AvgIpc) is 3.21. The van der Waals surface area contributed by atoms with E-state index >= 15 is 0 Å². The molecule has 0 bridgehead atoms. The molecule has 0 aromatic heterocycles. The fraction of sp³-hybridized carbons (Fsp3) is 0.360. The average molecular weight is 449 g/mol. The minimum Gasteiger partial charge on any atom is -0.366 e. The van der Waals surface area contributed by atoms with Crippen LogP contribution in [-0.2, 0) is 14.4 Å². The van der Waals surface area contributed by atoms with E-state index in [2.05, 4.69) is 5.32 Å². The summed E-state index contributed by atoms with van der Waals surface area (Å²) < 4.78 is 0. The normalized spacial score (nSPS) is 18.9. The van der Waals surface area contributed by atoms with Crippen molar-refractivity contribution in [3.63, 3.8) is 0 Å². The number of nitrogens with one attached hydrogen (secondary N) is 1. The van der Waals surface area contributed by atoms with Crippen LogP contribution in [0.2, 0.25) is 0 Å². The van der Waals surface area contributed by atoms with Crippen LogP contribution in [0.25, 0.3) is 0 Å². The number of carbonyl (C=O) groups excluding carboxylic acids is 4. The second-order valence-corrected chi connectivity index (χ2v) is 8.74. The van der Waals surface area contributed by atoms with Crippen molar-refractivity contribution in [1.82, 2.24) is 4.90 Å². The van der Waals surface area contributed by atoms with Gasteiger partial charge in [-0.1, -0.05) is 29.8 Å². The van der Waals surface area contributed by atoms with Crippen molar-refractivity contribution in [1.29, 1.82) is 0 Å². The molecule has 2 aliphatic heterocycles. The highest BCUT2D eigenvalue weighted by Gasteiger charge is 2.38. The summed E-state index contributed by atoms with van der Waals surface area (Å²) in [6.45, 7) is 3.29. The third kappa shape index (κ3) is 4.89. The molecule has 172 valence electrons. The zero-order valence-corrected chi connectivity index (χ0v) is 18.6. The van der Waals surface area contributed by atoms with E-state index in [4.69, 9.17) is 5.73 Å². The molecule has 8 heteroatoms. The van der Waals surface area contributed by atoms with Gasteiger partial charge in [-0.3, -0.25) is 19.2 Å². The molecule has 2 fully saturated rings. The number of nitrogens with zero attached hydrogens (tertiary/aromatic N) is 2. The van der Waals surface area contributed by atoms with Gasteiger partial charge in [0.25, 0.3) is 5.91 Å². The number of para-hydroxylation sites is 1. The van der Waals surface area contributed by atoms with Crippen LogP contribution in [0.1, 0.15) is 35.2 Å². The first-order valence-corrected chi connectivity index (χ1v) is 11.2. The molecule has 0 radical (unpaired) electrons. The molecule has 2 aromatic carbocycles.